The summed E-state index contributed by atoms with van der Waals surface area (Å²) in [5, 5.41) is 5.52. The van der Waals surface area contributed by atoms with Crippen molar-refractivity contribution < 1.29 is 14.3 Å². The van der Waals surface area contributed by atoms with Crippen LogP contribution in [0.4, 0.5) is 4.79 Å². The maximum absolute atomic E-state index is 11.8. The Labute approximate surface area is 107 Å². The molecule has 3 amide bonds. The zero-order valence-electron chi connectivity index (χ0n) is 10.6. The maximum Gasteiger partial charge on any atom is 0.315 e. The highest BCUT2D eigenvalue weighted by Crippen LogP contribution is 2.17. The maximum atomic E-state index is 11.8. The highest BCUT2D eigenvalue weighted by atomic mass is 16.5. The average Bonchev–Trinajstić information content (AvgIpc) is 2.90. The van der Waals surface area contributed by atoms with Crippen LogP contribution in [-0.4, -0.2) is 55.7 Å². The summed E-state index contributed by atoms with van der Waals surface area (Å²) in [5.41, 5.74) is 0. The highest BCUT2D eigenvalue weighted by molar-refractivity contribution is 5.84. The molecule has 0 aromatic rings. The monoisotopic (exact) mass is 255 g/mol. The number of carbonyl (C=O) groups excluding carboxylic acids is 2. The minimum atomic E-state index is -0.233. The smallest absolute Gasteiger partial charge is 0.315 e. The van der Waals surface area contributed by atoms with Gasteiger partial charge in [0.25, 0.3) is 0 Å². The lowest BCUT2D eigenvalue weighted by Crippen LogP contribution is -2.48. The number of nitrogens with zero attached hydrogens (tertiary/aromatic N) is 1. The Kier molecular flexibility index (Phi) is 4.81. The second-order valence-electron chi connectivity index (χ2n) is 4.80. The first-order valence-corrected chi connectivity index (χ1v) is 6.65. The van der Waals surface area contributed by atoms with E-state index in [0.717, 1.165) is 12.8 Å². The number of carbonyl (C=O) groups is 2. The summed E-state index contributed by atoms with van der Waals surface area (Å²) in [6, 6.07) is 0.0481. The van der Waals surface area contributed by atoms with E-state index >= 15 is 0 Å². The van der Waals surface area contributed by atoms with Crippen LogP contribution in [-0.2, 0) is 9.53 Å². The van der Waals surface area contributed by atoms with Gasteiger partial charge >= 0.3 is 6.03 Å². The van der Waals surface area contributed by atoms with Crippen molar-refractivity contribution in [1.82, 2.24) is 15.5 Å². The average molecular weight is 255 g/mol. The third-order valence-electron chi connectivity index (χ3n) is 3.45. The Morgan fingerprint density at radius 2 is 1.83 bits per heavy atom. The van der Waals surface area contributed by atoms with E-state index in [-0.39, 0.29) is 24.5 Å². The molecule has 0 unspecified atom stereocenters. The van der Waals surface area contributed by atoms with Crippen LogP contribution in [0.2, 0.25) is 0 Å². The van der Waals surface area contributed by atoms with Crippen LogP contribution >= 0.6 is 0 Å². The molecule has 0 bridgehead atoms. The number of nitrogens with one attached hydrogen (secondary N) is 2. The van der Waals surface area contributed by atoms with Crippen molar-refractivity contribution in [2.24, 2.45) is 0 Å². The molecule has 2 aliphatic rings. The summed E-state index contributed by atoms with van der Waals surface area (Å²) >= 11 is 0. The molecule has 0 aromatic carbocycles. The molecule has 0 radical (unpaired) electrons. The molecule has 6 heteroatoms. The molecule has 102 valence electrons. The van der Waals surface area contributed by atoms with Crippen LogP contribution in [0.3, 0.4) is 0 Å². The lowest BCUT2D eigenvalue weighted by atomic mass is 10.2. The summed E-state index contributed by atoms with van der Waals surface area (Å²) in [6.07, 6.45) is 4.45. The lowest BCUT2D eigenvalue weighted by molar-refractivity contribution is -0.134. The molecule has 0 atom stereocenters. The molecule has 0 aromatic heterocycles. The first-order chi connectivity index (χ1) is 8.75. The number of hydrogen-bond acceptors (Lipinski definition) is 3. The van der Waals surface area contributed by atoms with Gasteiger partial charge in [-0.15, -0.1) is 0 Å². The van der Waals surface area contributed by atoms with Crippen LogP contribution in [0.15, 0.2) is 0 Å². The molecule has 2 rings (SSSR count). The molecule has 1 heterocycles. The standard InChI is InChI=1S/C12H21N3O3/c16-11(15-5-7-18-8-6-15)9-13-12(17)14-10-3-1-2-4-10/h10H,1-9H2,(H2,13,14,17). The molecule has 2 fully saturated rings. The number of ether oxygens (including phenoxy) is 1. The number of hydrogen-bond donors (Lipinski definition) is 2. The highest BCUT2D eigenvalue weighted by Gasteiger charge is 2.19. The number of morpholine rings is 1. The van der Waals surface area contributed by atoms with E-state index in [9.17, 15) is 9.59 Å². The second kappa shape index (κ2) is 6.58. The largest absolute Gasteiger partial charge is 0.378 e. The summed E-state index contributed by atoms with van der Waals surface area (Å²) in [6.45, 7) is 2.47. The van der Waals surface area contributed by atoms with E-state index in [4.69, 9.17) is 4.74 Å². The Morgan fingerprint density at radius 3 is 2.50 bits per heavy atom. The molecule has 1 aliphatic heterocycles. The zero-order valence-corrected chi connectivity index (χ0v) is 10.6. The van der Waals surface area contributed by atoms with Gasteiger partial charge in [0.05, 0.1) is 19.8 Å². The third kappa shape index (κ3) is 3.87. The quantitative estimate of drug-likeness (QED) is 0.750. The minimum absolute atomic E-state index is 0.0418. The molecule has 18 heavy (non-hydrogen) atoms. The van der Waals surface area contributed by atoms with Crippen molar-refractivity contribution in [2.75, 3.05) is 32.8 Å². The van der Waals surface area contributed by atoms with Crippen molar-refractivity contribution in [3.05, 3.63) is 0 Å². The summed E-state index contributed by atoms with van der Waals surface area (Å²) in [7, 11) is 0. The molecule has 2 N–H and O–H groups in total. The van der Waals surface area contributed by atoms with Gasteiger partial charge in [-0.2, -0.15) is 0 Å². The Balaban J connectivity index is 1.63. The summed E-state index contributed by atoms with van der Waals surface area (Å²) in [4.78, 5) is 25.1. The Hall–Kier alpha value is -1.30. The van der Waals surface area contributed by atoms with E-state index in [1.807, 2.05) is 0 Å². The predicted octanol–water partition coefficient (Wildman–Crippen LogP) is 0.0870. The van der Waals surface area contributed by atoms with Gasteiger partial charge in [-0.1, -0.05) is 12.8 Å². The Bertz CT molecular complexity index is 297. The van der Waals surface area contributed by atoms with E-state index in [2.05, 4.69) is 10.6 Å². The van der Waals surface area contributed by atoms with Crippen LogP contribution in [0.1, 0.15) is 25.7 Å². The first-order valence-electron chi connectivity index (χ1n) is 6.65. The fourth-order valence-corrected chi connectivity index (χ4v) is 2.39. The third-order valence-corrected chi connectivity index (χ3v) is 3.45. The van der Waals surface area contributed by atoms with Crippen molar-refractivity contribution in [1.29, 1.82) is 0 Å². The van der Waals surface area contributed by atoms with Gasteiger partial charge in [0.1, 0.15) is 0 Å². The zero-order chi connectivity index (χ0) is 12.8. The number of amides is 3. The van der Waals surface area contributed by atoms with E-state index in [0.29, 0.717) is 26.3 Å². The number of rotatable bonds is 3. The normalized spacial score (nSPS) is 20.8. The van der Waals surface area contributed by atoms with Gasteiger partial charge in [-0.3, -0.25) is 4.79 Å². The predicted molar refractivity (Wildman–Crippen MR) is 66.2 cm³/mol. The molecule has 1 saturated heterocycles. The molecule has 1 aliphatic carbocycles. The molecular formula is C12H21N3O3. The van der Waals surface area contributed by atoms with Gasteiger partial charge < -0.3 is 20.3 Å². The van der Waals surface area contributed by atoms with Crippen LogP contribution in [0, 0.1) is 0 Å². The molecule has 0 spiro atoms. The SMILES string of the molecule is O=C(NCC(=O)N1CCOCC1)NC1CCCC1. The second-order valence-corrected chi connectivity index (χ2v) is 4.80. The molecule has 6 nitrogen and oxygen atoms in total. The van der Waals surface area contributed by atoms with Crippen molar-refractivity contribution in [3.63, 3.8) is 0 Å². The topological polar surface area (TPSA) is 70.7 Å². The summed E-state index contributed by atoms with van der Waals surface area (Å²) in [5.74, 6) is -0.0418. The van der Waals surface area contributed by atoms with Crippen molar-refractivity contribution >= 4 is 11.9 Å². The van der Waals surface area contributed by atoms with Crippen molar-refractivity contribution in [2.45, 2.75) is 31.7 Å². The fraction of sp³-hybridized carbons (Fsp3) is 0.833. The van der Waals surface area contributed by atoms with E-state index in [1.54, 1.807) is 4.90 Å². The first kappa shape index (κ1) is 13.1. The molecule has 1 saturated carbocycles. The van der Waals surface area contributed by atoms with E-state index in [1.165, 1.54) is 12.8 Å². The van der Waals surface area contributed by atoms with Gasteiger partial charge in [-0.25, -0.2) is 4.79 Å². The van der Waals surface area contributed by atoms with Crippen molar-refractivity contribution in [3.8, 4) is 0 Å². The van der Waals surface area contributed by atoms with Gasteiger partial charge in [0, 0.05) is 19.1 Å². The van der Waals surface area contributed by atoms with Crippen LogP contribution in [0.5, 0.6) is 0 Å². The van der Waals surface area contributed by atoms with E-state index < -0.39 is 0 Å². The van der Waals surface area contributed by atoms with Crippen LogP contribution < -0.4 is 10.6 Å². The van der Waals surface area contributed by atoms with Gasteiger partial charge in [0.2, 0.25) is 5.91 Å². The fourth-order valence-electron chi connectivity index (χ4n) is 2.39. The van der Waals surface area contributed by atoms with Gasteiger partial charge in [-0.05, 0) is 12.8 Å². The lowest BCUT2D eigenvalue weighted by Gasteiger charge is -2.27. The minimum Gasteiger partial charge on any atom is -0.378 e. The summed E-state index contributed by atoms with van der Waals surface area (Å²) < 4.78 is 5.17. The Morgan fingerprint density at radius 1 is 1.17 bits per heavy atom. The molecular weight excluding hydrogens is 234 g/mol. The van der Waals surface area contributed by atoms with Crippen LogP contribution in [0.25, 0.3) is 0 Å². The number of urea groups is 1. The van der Waals surface area contributed by atoms with Gasteiger partial charge in [0.15, 0.2) is 0 Å².